The van der Waals surface area contributed by atoms with Crippen molar-refractivity contribution in [1.82, 2.24) is 0 Å². The standard InChI is InChI=1S/C11H15Cl/c1-8-5-6-10(9(2)7-8)11(3,4)12/h5-7H,1-4H3. The summed E-state index contributed by atoms with van der Waals surface area (Å²) in [6, 6.07) is 6.38. The fourth-order valence-corrected chi connectivity index (χ4v) is 1.69. The largest absolute Gasteiger partial charge is 0.115 e. The quantitative estimate of drug-likeness (QED) is 0.580. The van der Waals surface area contributed by atoms with E-state index in [2.05, 4.69) is 32.0 Å². The zero-order valence-electron chi connectivity index (χ0n) is 8.11. The Balaban J connectivity index is 3.19. The van der Waals surface area contributed by atoms with Gasteiger partial charge in [0.05, 0.1) is 4.87 Å². The molecular weight excluding hydrogens is 168 g/mol. The minimum Gasteiger partial charge on any atom is -0.115 e. The molecule has 0 nitrogen and oxygen atoms in total. The van der Waals surface area contributed by atoms with Gasteiger partial charge in [0.2, 0.25) is 0 Å². The van der Waals surface area contributed by atoms with Gasteiger partial charge in [0, 0.05) is 0 Å². The second kappa shape index (κ2) is 3.10. The molecule has 0 bridgehead atoms. The van der Waals surface area contributed by atoms with Crippen LogP contribution >= 0.6 is 11.6 Å². The molecule has 0 aliphatic rings. The molecule has 1 heteroatoms. The lowest BCUT2D eigenvalue weighted by molar-refractivity contribution is 0.758. The van der Waals surface area contributed by atoms with Crippen LogP contribution < -0.4 is 0 Å². The molecule has 0 N–H and O–H groups in total. The first kappa shape index (κ1) is 9.60. The molecule has 0 amide bonds. The molecule has 1 aromatic rings. The van der Waals surface area contributed by atoms with Crippen molar-refractivity contribution in [2.75, 3.05) is 0 Å². The Morgan fingerprint density at radius 2 is 1.75 bits per heavy atom. The van der Waals surface area contributed by atoms with E-state index in [0.717, 1.165) is 0 Å². The predicted molar refractivity (Wildman–Crippen MR) is 54.8 cm³/mol. The second-order valence-corrected chi connectivity index (χ2v) is 4.74. The molecule has 0 unspecified atom stereocenters. The zero-order chi connectivity index (χ0) is 9.35. The number of rotatable bonds is 1. The van der Waals surface area contributed by atoms with Crippen molar-refractivity contribution in [3.8, 4) is 0 Å². The van der Waals surface area contributed by atoms with E-state index in [4.69, 9.17) is 11.6 Å². The summed E-state index contributed by atoms with van der Waals surface area (Å²) in [5.74, 6) is 0. The van der Waals surface area contributed by atoms with E-state index < -0.39 is 0 Å². The van der Waals surface area contributed by atoms with Crippen LogP contribution in [0.2, 0.25) is 0 Å². The average Bonchev–Trinajstić information content (AvgIpc) is 1.83. The summed E-state index contributed by atoms with van der Waals surface area (Å²) in [6.45, 7) is 8.24. The minimum absolute atomic E-state index is 0.252. The third-order valence-electron chi connectivity index (χ3n) is 2.02. The molecule has 0 fully saturated rings. The maximum Gasteiger partial charge on any atom is 0.0641 e. The molecule has 66 valence electrons. The van der Waals surface area contributed by atoms with Gasteiger partial charge < -0.3 is 0 Å². The molecule has 0 atom stereocenters. The van der Waals surface area contributed by atoms with Crippen LogP contribution in [0.15, 0.2) is 18.2 Å². The van der Waals surface area contributed by atoms with Gasteiger partial charge in [-0.05, 0) is 38.8 Å². The number of halogens is 1. The average molecular weight is 183 g/mol. The van der Waals surface area contributed by atoms with E-state index in [1.165, 1.54) is 16.7 Å². The molecule has 1 aromatic carbocycles. The van der Waals surface area contributed by atoms with Crippen LogP contribution in [0.4, 0.5) is 0 Å². The number of hydrogen-bond acceptors (Lipinski definition) is 0. The van der Waals surface area contributed by atoms with Crippen LogP contribution in [0.1, 0.15) is 30.5 Å². The topological polar surface area (TPSA) is 0 Å². The lowest BCUT2D eigenvalue weighted by Crippen LogP contribution is -2.09. The normalized spacial score (nSPS) is 11.8. The van der Waals surface area contributed by atoms with Crippen molar-refractivity contribution in [3.63, 3.8) is 0 Å². The van der Waals surface area contributed by atoms with Crippen molar-refractivity contribution in [2.24, 2.45) is 0 Å². The summed E-state index contributed by atoms with van der Waals surface area (Å²) in [7, 11) is 0. The monoisotopic (exact) mass is 182 g/mol. The fraction of sp³-hybridized carbons (Fsp3) is 0.455. The van der Waals surface area contributed by atoms with Crippen LogP contribution in [-0.2, 0) is 4.87 Å². The molecule has 0 heterocycles. The lowest BCUT2D eigenvalue weighted by Gasteiger charge is -2.19. The number of benzene rings is 1. The summed E-state index contributed by atoms with van der Waals surface area (Å²) >= 11 is 6.22. The Morgan fingerprint density at radius 3 is 2.17 bits per heavy atom. The summed E-state index contributed by atoms with van der Waals surface area (Å²) in [5, 5.41) is 0. The predicted octanol–water partition coefficient (Wildman–Crippen LogP) is 3.78. The third-order valence-corrected chi connectivity index (χ3v) is 2.23. The smallest absolute Gasteiger partial charge is 0.0641 e. The molecule has 0 aliphatic heterocycles. The number of alkyl halides is 1. The van der Waals surface area contributed by atoms with Gasteiger partial charge in [-0.3, -0.25) is 0 Å². The van der Waals surface area contributed by atoms with E-state index in [-0.39, 0.29) is 4.87 Å². The van der Waals surface area contributed by atoms with Gasteiger partial charge in [0.25, 0.3) is 0 Å². The van der Waals surface area contributed by atoms with Crippen molar-refractivity contribution in [1.29, 1.82) is 0 Å². The van der Waals surface area contributed by atoms with E-state index in [1.54, 1.807) is 0 Å². The highest BCUT2D eigenvalue weighted by Crippen LogP contribution is 2.30. The van der Waals surface area contributed by atoms with Crippen LogP contribution in [-0.4, -0.2) is 0 Å². The van der Waals surface area contributed by atoms with Gasteiger partial charge in [0.1, 0.15) is 0 Å². The van der Waals surface area contributed by atoms with Gasteiger partial charge in [-0.25, -0.2) is 0 Å². The molecular formula is C11H15Cl. The zero-order valence-corrected chi connectivity index (χ0v) is 8.87. The first-order valence-corrected chi connectivity index (χ1v) is 4.55. The molecule has 0 saturated heterocycles. The van der Waals surface area contributed by atoms with Crippen LogP contribution in [0.25, 0.3) is 0 Å². The molecule has 12 heavy (non-hydrogen) atoms. The summed E-state index contributed by atoms with van der Waals surface area (Å²) in [4.78, 5) is -0.252. The van der Waals surface area contributed by atoms with Gasteiger partial charge in [0.15, 0.2) is 0 Å². The molecule has 0 aromatic heterocycles. The highest BCUT2D eigenvalue weighted by atomic mass is 35.5. The molecule has 0 spiro atoms. The molecule has 0 saturated carbocycles. The van der Waals surface area contributed by atoms with Crippen molar-refractivity contribution in [2.45, 2.75) is 32.6 Å². The van der Waals surface area contributed by atoms with Crippen molar-refractivity contribution >= 4 is 11.6 Å². The van der Waals surface area contributed by atoms with Crippen LogP contribution in [0.3, 0.4) is 0 Å². The summed E-state index contributed by atoms with van der Waals surface area (Å²) in [5.41, 5.74) is 3.78. The highest BCUT2D eigenvalue weighted by molar-refractivity contribution is 6.23. The molecule has 1 rings (SSSR count). The van der Waals surface area contributed by atoms with Gasteiger partial charge in [-0.1, -0.05) is 23.8 Å². The maximum absolute atomic E-state index is 6.22. The second-order valence-electron chi connectivity index (χ2n) is 3.79. The lowest BCUT2D eigenvalue weighted by atomic mass is 9.96. The molecule has 0 aliphatic carbocycles. The van der Waals surface area contributed by atoms with Crippen molar-refractivity contribution in [3.05, 3.63) is 34.9 Å². The highest BCUT2D eigenvalue weighted by Gasteiger charge is 2.17. The summed E-state index contributed by atoms with van der Waals surface area (Å²) in [6.07, 6.45) is 0. The first-order valence-electron chi connectivity index (χ1n) is 4.18. The first-order chi connectivity index (χ1) is 5.41. The molecule has 0 radical (unpaired) electrons. The van der Waals surface area contributed by atoms with Gasteiger partial charge in [-0.15, -0.1) is 11.6 Å². The van der Waals surface area contributed by atoms with Crippen molar-refractivity contribution < 1.29 is 0 Å². The SMILES string of the molecule is Cc1ccc(C(C)(C)Cl)c(C)c1. The van der Waals surface area contributed by atoms with Gasteiger partial charge in [-0.2, -0.15) is 0 Å². The van der Waals surface area contributed by atoms with E-state index in [1.807, 2.05) is 13.8 Å². The van der Waals surface area contributed by atoms with Crippen LogP contribution in [0, 0.1) is 13.8 Å². The van der Waals surface area contributed by atoms with Crippen LogP contribution in [0.5, 0.6) is 0 Å². The van der Waals surface area contributed by atoms with E-state index in [9.17, 15) is 0 Å². The Hall–Kier alpha value is -0.490. The summed E-state index contributed by atoms with van der Waals surface area (Å²) < 4.78 is 0. The third kappa shape index (κ3) is 2.01. The maximum atomic E-state index is 6.22. The minimum atomic E-state index is -0.252. The Bertz CT molecular complexity index is 282. The Kier molecular flexibility index (Phi) is 2.48. The number of aryl methyl sites for hydroxylation is 2. The van der Waals surface area contributed by atoms with E-state index in [0.29, 0.717) is 0 Å². The Labute approximate surface area is 79.6 Å². The Morgan fingerprint density at radius 1 is 1.17 bits per heavy atom. The van der Waals surface area contributed by atoms with Gasteiger partial charge >= 0.3 is 0 Å². The fourth-order valence-electron chi connectivity index (χ4n) is 1.48. The van der Waals surface area contributed by atoms with E-state index >= 15 is 0 Å². The number of hydrogen-bond donors (Lipinski definition) is 0.